The maximum atomic E-state index is 13.7. The van der Waals surface area contributed by atoms with Gasteiger partial charge >= 0.3 is 0 Å². The minimum atomic E-state index is -0.370. The molecule has 0 N–H and O–H groups in total. The molecular formula is C25H30O8. The van der Waals surface area contributed by atoms with E-state index < -0.39 is 0 Å². The first-order chi connectivity index (χ1) is 16.0. The van der Waals surface area contributed by atoms with E-state index in [1.165, 1.54) is 7.11 Å². The van der Waals surface area contributed by atoms with Crippen molar-refractivity contribution in [2.45, 2.75) is 27.7 Å². The maximum absolute atomic E-state index is 13.7. The van der Waals surface area contributed by atoms with Gasteiger partial charge in [0.15, 0.2) is 28.6 Å². The third-order valence-electron chi connectivity index (χ3n) is 4.83. The van der Waals surface area contributed by atoms with Crippen molar-refractivity contribution in [1.82, 2.24) is 0 Å². The van der Waals surface area contributed by atoms with Crippen LogP contribution in [0.25, 0.3) is 22.3 Å². The monoisotopic (exact) mass is 458 g/mol. The fraction of sp³-hybridized carbons (Fsp3) is 0.400. The maximum Gasteiger partial charge on any atom is 0.239 e. The van der Waals surface area contributed by atoms with Crippen molar-refractivity contribution in [2.24, 2.45) is 0 Å². The number of rotatable bonds is 11. The van der Waals surface area contributed by atoms with Crippen LogP contribution in [0.4, 0.5) is 0 Å². The fourth-order valence-corrected chi connectivity index (χ4v) is 3.55. The first kappa shape index (κ1) is 24.1. The van der Waals surface area contributed by atoms with Crippen LogP contribution in [0.5, 0.6) is 34.5 Å². The Hall–Kier alpha value is -3.55. The summed E-state index contributed by atoms with van der Waals surface area (Å²) in [6, 6.07) is 6.92. The lowest BCUT2D eigenvalue weighted by atomic mass is 10.1. The van der Waals surface area contributed by atoms with Gasteiger partial charge in [-0.3, -0.25) is 4.79 Å². The van der Waals surface area contributed by atoms with Crippen molar-refractivity contribution in [3.8, 4) is 45.8 Å². The van der Waals surface area contributed by atoms with Gasteiger partial charge in [0.2, 0.25) is 16.9 Å². The quantitative estimate of drug-likeness (QED) is 0.394. The van der Waals surface area contributed by atoms with Crippen LogP contribution in [0, 0.1) is 0 Å². The van der Waals surface area contributed by atoms with Crippen LogP contribution in [0.15, 0.2) is 33.5 Å². The van der Waals surface area contributed by atoms with Gasteiger partial charge in [0.05, 0.1) is 40.6 Å². The second kappa shape index (κ2) is 10.8. The molecule has 8 heteroatoms. The van der Waals surface area contributed by atoms with Gasteiger partial charge in [-0.15, -0.1) is 0 Å². The van der Waals surface area contributed by atoms with Crippen LogP contribution in [-0.4, -0.2) is 40.6 Å². The van der Waals surface area contributed by atoms with Gasteiger partial charge in [0, 0.05) is 11.6 Å². The lowest BCUT2D eigenvalue weighted by molar-refractivity contribution is 0.301. The van der Waals surface area contributed by atoms with E-state index in [1.54, 1.807) is 38.3 Å². The smallest absolute Gasteiger partial charge is 0.239 e. The molecule has 8 nitrogen and oxygen atoms in total. The molecule has 0 fully saturated rings. The van der Waals surface area contributed by atoms with Gasteiger partial charge in [-0.1, -0.05) is 0 Å². The van der Waals surface area contributed by atoms with Gasteiger partial charge in [0.25, 0.3) is 0 Å². The van der Waals surface area contributed by atoms with E-state index in [1.807, 2.05) is 20.8 Å². The molecule has 0 saturated heterocycles. The molecular weight excluding hydrogens is 428 g/mol. The zero-order valence-corrected chi connectivity index (χ0v) is 19.9. The summed E-state index contributed by atoms with van der Waals surface area (Å²) in [5.41, 5.74) is 0.425. The summed E-state index contributed by atoms with van der Waals surface area (Å²) in [5, 5.41) is 0.224. The second-order valence-electron chi connectivity index (χ2n) is 6.80. The highest BCUT2D eigenvalue weighted by Gasteiger charge is 2.26. The molecule has 0 amide bonds. The Morgan fingerprint density at radius 2 is 1.33 bits per heavy atom. The topological polar surface area (TPSA) is 85.6 Å². The molecule has 3 aromatic rings. The summed E-state index contributed by atoms with van der Waals surface area (Å²) in [5.74, 6) is 2.45. The van der Waals surface area contributed by atoms with Crippen LogP contribution < -0.4 is 33.8 Å². The third kappa shape index (κ3) is 4.65. The van der Waals surface area contributed by atoms with E-state index in [4.69, 9.17) is 32.8 Å². The van der Waals surface area contributed by atoms with Crippen LogP contribution in [-0.2, 0) is 0 Å². The van der Waals surface area contributed by atoms with Crippen LogP contribution >= 0.6 is 0 Å². The van der Waals surface area contributed by atoms with Crippen molar-refractivity contribution >= 4 is 11.0 Å². The molecule has 0 bridgehead atoms. The SMILES string of the molecule is CCOc1ccc(-c2oc3c(OC)c(OCC)cc(OCC)c3c(=O)c2OCC)cc1OC. The Bertz CT molecular complexity index is 1170. The molecule has 0 radical (unpaired) electrons. The number of benzene rings is 2. The first-order valence-electron chi connectivity index (χ1n) is 11.0. The van der Waals surface area contributed by atoms with Gasteiger partial charge in [-0.05, 0) is 45.9 Å². The lowest BCUT2D eigenvalue weighted by Gasteiger charge is -2.17. The molecule has 3 rings (SSSR count). The molecule has 0 aliphatic rings. The fourth-order valence-electron chi connectivity index (χ4n) is 3.55. The van der Waals surface area contributed by atoms with E-state index in [2.05, 4.69) is 0 Å². The summed E-state index contributed by atoms with van der Waals surface area (Å²) in [6.45, 7) is 8.90. The first-order valence-corrected chi connectivity index (χ1v) is 11.0. The molecule has 0 aliphatic carbocycles. The Morgan fingerprint density at radius 1 is 0.697 bits per heavy atom. The number of hydrogen-bond acceptors (Lipinski definition) is 8. The van der Waals surface area contributed by atoms with Gasteiger partial charge in [0.1, 0.15) is 11.1 Å². The Kier molecular flexibility index (Phi) is 7.92. The van der Waals surface area contributed by atoms with E-state index in [0.29, 0.717) is 54.1 Å². The molecule has 0 unspecified atom stereocenters. The molecule has 1 aromatic heterocycles. The summed E-state index contributed by atoms with van der Waals surface area (Å²) >= 11 is 0. The van der Waals surface area contributed by atoms with Gasteiger partial charge in [-0.25, -0.2) is 0 Å². The zero-order chi connectivity index (χ0) is 24.0. The lowest BCUT2D eigenvalue weighted by Crippen LogP contribution is -2.12. The third-order valence-corrected chi connectivity index (χ3v) is 4.83. The number of methoxy groups -OCH3 is 2. The van der Waals surface area contributed by atoms with Crippen molar-refractivity contribution < 1.29 is 32.8 Å². The van der Waals surface area contributed by atoms with Crippen LogP contribution in [0.3, 0.4) is 0 Å². The molecule has 0 saturated carbocycles. The van der Waals surface area contributed by atoms with Crippen LogP contribution in [0.2, 0.25) is 0 Å². The average Bonchev–Trinajstić information content (AvgIpc) is 2.81. The van der Waals surface area contributed by atoms with Crippen molar-refractivity contribution in [3.63, 3.8) is 0 Å². The number of ether oxygens (including phenoxy) is 6. The molecule has 1 heterocycles. The molecule has 0 spiro atoms. The molecule has 0 atom stereocenters. The van der Waals surface area contributed by atoms with E-state index in [-0.39, 0.29) is 34.5 Å². The van der Waals surface area contributed by atoms with Gasteiger partial charge < -0.3 is 32.8 Å². The van der Waals surface area contributed by atoms with Crippen molar-refractivity contribution in [3.05, 3.63) is 34.5 Å². The van der Waals surface area contributed by atoms with E-state index in [9.17, 15) is 4.79 Å². The normalized spacial score (nSPS) is 10.7. The van der Waals surface area contributed by atoms with Crippen molar-refractivity contribution in [1.29, 1.82) is 0 Å². The highest BCUT2D eigenvalue weighted by molar-refractivity contribution is 5.93. The Labute approximate surface area is 192 Å². The molecule has 178 valence electrons. The Morgan fingerprint density at radius 3 is 1.94 bits per heavy atom. The molecule has 2 aromatic carbocycles. The summed E-state index contributed by atoms with van der Waals surface area (Å²) < 4.78 is 40.2. The number of hydrogen-bond donors (Lipinski definition) is 0. The summed E-state index contributed by atoms with van der Waals surface area (Å²) in [6.07, 6.45) is 0. The second-order valence-corrected chi connectivity index (χ2v) is 6.80. The van der Waals surface area contributed by atoms with E-state index >= 15 is 0 Å². The highest BCUT2D eigenvalue weighted by atomic mass is 16.5. The molecule has 33 heavy (non-hydrogen) atoms. The minimum absolute atomic E-state index is 0.0726. The summed E-state index contributed by atoms with van der Waals surface area (Å²) in [4.78, 5) is 13.7. The standard InChI is InChI=1S/C25H30O8/c1-7-29-16-12-11-15(13-17(16)27-5)22-25(32-10-4)21(26)20-18(30-8-2)14-19(31-9-3)23(28-6)24(20)33-22/h11-14H,7-10H2,1-6H3. The minimum Gasteiger partial charge on any atom is -0.493 e. The Balaban J connectivity index is 2.40. The van der Waals surface area contributed by atoms with Crippen molar-refractivity contribution in [2.75, 3.05) is 40.6 Å². The zero-order valence-electron chi connectivity index (χ0n) is 19.9. The predicted molar refractivity (Wildman–Crippen MR) is 126 cm³/mol. The average molecular weight is 459 g/mol. The largest absolute Gasteiger partial charge is 0.493 e. The van der Waals surface area contributed by atoms with Crippen LogP contribution in [0.1, 0.15) is 27.7 Å². The molecule has 0 aliphatic heterocycles. The van der Waals surface area contributed by atoms with Gasteiger partial charge in [-0.2, -0.15) is 0 Å². The highest BCUT2D eigenvalue weighted by Crippen LogP contribution is 2.44. The predicted octanol–water partition coefficient (Wildman–Crippen LogP) is 5.07. The van der Waals surface area contributed by atoms with E-state index in [0.717, 1.165) is 0 Å². The number of fused-ring (bicyclic) bond motifs is 1. The summed E-state index contributed by atoms with van der Waals surface area (Å²) in [7, 11) is 3.04.